The lowest BCUT2D eigenvalue weighted by atomic mass is 9.97. The van der Waals surface area contributed by atoms with Crippen molar-refractivity contribution in [2.45, 2.75) is 54.3 Å². The van der Waals surface area contributed by atoms with Crippen LogP contribution >= 0.6 is 11.8 Å². The van der Waals surface area contributed by atoms with Gasteiger partial charge in [0.2, 0.25) is 9.84 Å². The van der Waals surface area contributed by atoms with Crippen LogP contribution in [0.5, 0.6) is 0 Å². The first-order chi connectivity index (χ1) is 12.4. The third kappa shape index (κ3) is 3.38. The molecule has 1 aromatic heterocycles. The first-order valence-corrected chi connectivity index (χ1v) is 11.1. The van der Waals surface area contributed by atoms with Crippen molar-refractivity contribution in [2.24, 2.45) is 0 Å². The van der Waals surface area contributed by atoms with E-state index in [0.29, 0.717) is 36.3 Å². The molecule has 0 bridgehead atoms. The molecule has 0 radical (unpaired) electrons. The molecule has 7 heteroatoms. The number of aromatic amines is 1. The number of aromatic nitrogens is 1. The van der Waals surface area contributed by atoms with Crippen molar-refractivity contribution in [2.75, 3.05) is 5.75 Å². The van der Waals surface area contributed by atoms with Crippen molar-refractivity contribution in [3.05, 3.63) is 41.1 Å². The van der Waals surface area contributed by atoms with Gasteiger partial charge in [-0.2, -0.15) is 0 Å². The van der Waals surface area contributed by atoms with Crippen LogP contribution in [-0.2, 0) is 9.84 Å². The van der Waals surface area contributed by atoms with Gasteiger partial charge < -0.3 is 4.98 Å². The number of H-pyrrole nitrogens is 1. The molecule has 0 atom stereocenters. The van der Waals surface area contributed by atoms with E-state index in [2.05, 4.69) is 4.98 Å². The smallest absolute Gasteiger partial charge is 0.222 e. The third-order valence-corrected chi connectivity index (χ3v) is 7.28. The second kappa shape index (κ2) is 7.40. The van der Waals surface area contributed by atoms with E-state index >= 15 is 0 Å². The van der Waals surface area contributed by atoms with E-state index in [0.717, 1.165) is 5.56 Å². The number of fused-ring (bicyclic) bond motifs is 1. The van der Waals surface area contributed by atoms with E-state index < -0.39 is 9.84 Å². The van der Waals surface area contributed by atoms with E-state index in [1.807, 2.05) is 13.8 Å². The molecule has 0 amide bonds. The molecule has 1 N–H and O–H groups in total. The number of carbonyl (C=O) groups is 2. The molecule has 1 aliphatic carbocycles. The average molecular weight is 392 g/mol. The fourth-order valence-corrected chi connectivity index (χ4v) is 5.71. The maximum absolute atomic E-state index is 13.2. The van der Waals surface area contributed by atoms with E-state index in [9.17, 15) is 18.0 Å². The topological polar surface area (TPSA) is 84.1 Å². The van der Waals surface area contributed by atoms with Crippen molar-refractivity contribution in [3.8, 4) is 0 Å². The largest absolute Gasteiger partial charge is 0.341 e. The molecule has 0 saturated carbocycles. The Morgan fingerprint density at radius 1 is 1.04 bits per heavy atom. The lowest BCUT2D eigenvalue weighted by Crippen LogP contribution is -2.12. The van der Waals surface area contributed by atoms with Crippen LogP contribution in [0, 0.1) is 6.92 Å². The minimum Gasteiger partial charge on any atom is -0.341 e. The van der Waals surface area contributed by atoms with E-state index in [1.165, 1.54) is 11.8 Å². The summed E-state index contributed by atoms with van der Waals surface area (Å²) in [6.07, 6.45) is 1.94. The number of ketones is 2. The molecule has 0 saturated heterocycles. The highest BCUT2D eigenvalue weighted by Gasteiger charge is 2.33. The highest BCUT2D eigenvalue weighted by atomic mass is 32.2. The van der Waals surface area contributed by atoms with Crippen molar-refractivity contribution in [3.63, 3.8) is 0 Å². The van der Waals surface area contributed by atoms with Gasteiger partial charge in [0.1, 0.15) is 0 Å². The fourth-order valence-electron chi connectivity index (χ4n) is 3.06. The minimum atomic E-state index is -3.85. The predicted molar refractivity (Wildman–Crippen MR) is 101 cm³/mol. The van der Waals surface area contributed by atoms with Crippen LogP contribution in [0.3, 0.4) is 0 Å². The standard InChI is InChI=1S/C19H21NO4S2/c1-3-25-18-16-14(21)6-4-5-7-15(22)17(16)20-19(18)26(23,24)13-10-8-12(2)9-11-13/h8-11,20H,3-7H2,1-2H3. The Hall–Kier alpha value is -1.86. The molecule has 1 aromatic carbocycles. The van der Waals surface area contributed by atoms with Crippen LogP contribution in [0.2, 0.25) is 0 Å². The third-order valence-electron chi connectivity index (χ3n) is 4.43. The van der Waals surface area contributed by atoms with Crippen molar-refractivity contribution < 1.29 is 18.0 Å². The monoisotopic (exact) mass is 391 g/mol. The number of thioether (sulfide) groups is 1. The summed E-state index contributed by atoms with van der Waals surface area (Å²) in [6, 6.07) is 6.56. The van der Waals surface area contributed by atoms with Gasteiger partial charge in [0.25, 0.3) is 0 Å². The SMILES string of the molecule is CCSc1c(S(=O)(=O)c2ccc(C)cc2)[nH]c2c1C(=O)CCCCC2=O. The predicted octanol–water partition coefficient (Wildman–Crippen LogP) is 4.21. The molecule has 3 rings (SSSR count). The van der Waals surface area contributed by atoms with E-state index in [4.69, 9.17) is 0 Å². The molecule has 5 nitrogen and oxygen atoms in total. The number of hydrogen-bond donors (Lipinski definition) is 1. The molecule has 1 heterocycles. The lowest BCUT2D eigenvalue weighted by Gasteiger charge is -2.09. The molecule has 138 valence electrons. The van der Waals surface area contributed by atoms with Gasteiger partial charge in [-0.15, -0.1) is 11.8 Å². The highest BCUT2D eigenvalue weighted by molar-refractivity contribution is 8.00. The van der Waals surface area contributed by atoms with Gasteiger partial charge in [0, 0.05) is 12.8 Å². The Bertz CT molecular complexity index is 956. The number of carbonyl (C=O) groups excluding carboxylic acids is 2. The molecule has 0 unspecified atom stereocenters. The quantitative estimate of drug-likeness (QED) is 0.790. The number of Topliss-reactive ketones (excluding diaryl/α,β-unsaturated/α-hetero) is 2. The highest BCUT2D eigenvalue weighted by Crippen LogP contribution is 2.37. The zero-order valence-electron chi connectivity index (χ0n) is 14.8. The van der Waals surface area contributed by atoms with Crippen LogP contribution in [0.1, 0.15) is 59.0 Å². The van der Waals surface area contributed by atoms with E-state index in [1.54, 1.807) is 24.3 Å². The molecular weight excluding hydrogens is 370 g/mol. The Morgan fingerprint density at radius 3 is 2.27 bits per heavy atom. The number of benzene rings is 1. The van der Waals surface area contributed by atoms with Crippen molar-refractivity contribution in [1.29, 1.82) is 0 Å². The number of sulfone groups is 1. The molecule has 0 fully saturated rings. The van der Waals surface area contributed by atoms with Crippen molar-refractivity contribution >= 4 is 33.2 Å². The summed E-state index contributed by atoms with van der Waals surface area (Å²) in [4.78, 5) is 28.5. The zero-order valence-corrected chi connectivity index (χ0v) is 16.4. The number of aryl methyl sites for hydroxylation is 1. The minimum absolute atomic E-state index is 0.0400. The van der Waals surface area contributed by atoms with Gasteiger partial charge in [0.05, 0.1) is 21.0 Å². The Kier molecular flexibility index (Phi) is 5.39. The summed E-state index contributed by atoms with van der Waals surface area (Å²) < 4.78 is 26.4. The fraction of sp³-hybridized carbons (Fsp3) is 0.368. The molecule has 2 aromatic rings. The Balaban J connectivity index is 2.24. The number of rotatable bonds is 4. The van der Waals surface area contributed by atoms with Crippen LogP contribution in [0.15, 0.2) is 39.1 Å². The van der Waals surface area contributed by atoms with Gasteiger partial charge in [0.15, 0.2) is 16.6 Å². The van der Waals surface area contributed by atoms with Crippen LogP contribution in [0.25, 0.3) is 0 Å². The Morgan fingerprint density at radius 2 is 1.65 bits per heavy atom. The number of nitrogens with one attached hydrogen (secondary N) is 1. The summed E-state index contributed by atoms with van der Waals surface area (Å²) in [5.41, 5.74) is 1.36. The molecule has 0 spiro atoms. The molecule has 0 aliphatic heterocycles. The molecule has 26 heavy (non-hydrogen) atoms. The maximum Gasteiger partial charge on any atom is 0.222 e. The number of hydrogen-bond acceptors (Lipinski definition) is 5. The summed E-state index contributed by atoms with van der Waals surface area (Å²) in [5.74, 6) is 0.240. The Labute approximate surface area is 157 Å². The first kappa shape index (κ1) is 18.9. The summed E-state index contributed by atoms with van der Waals surface area (Å²) in [7, 11) is -3.85. The van der Waals surface area contributed by atoms with Crippen LogP contribution < -0.4 is 0 Å². The van der Waals surface area contributed by atoms with Gasteiger partial charge in [-0.25, -0.2) is 8.42 Å². The van der Waals surface area contributed by atoms with Crippen molar-refractivity contribution in [1.82, 2.24) is 4.98 Å². The maximum atomic E-state index is 13.2. The summed E-state index contributed by atoms with van der Waals surface area (Å²) in [5, 5.41) is -0.0400. The first-order valence-electron chi connectivity index (χ1n) is 8.63. The van der Waals surface area contributed by atoms with E-state index in [-0.39, 0.29) is 32.7 Å². The second-order valence-electron chi connectivity index (χ2n) is 6.34. The summed E-state index contributed by atoms with van der Waals surface area (Å²) in [6.45, 7) is 3.77. The van der Waals surface area contributed by atoms with Crippen LogP contribution in [-0.4, -0.2) is 30.7 Å². The van der Waals surface area contributed by atoms with Gasteiger partial charge >= 0.3 is 0 Å². The molecular formula is C19H21NO4S2. The summed E-state index contributed by atoms with van der Waals surface area (Å²) >= 11 is 1.29. The van der Waals surface area contributed by atoms with Gasteiger partial charge in [-0.05, 0) is 37.7 Å². The normalized spacial score (nSPS) is 15.5. The zero-order chi connectivity index (χ0) is 18.9. The van der Waals surface area contributed by atoms with Gasteiger partial charge in [-0.3, -0.25) is 9.59 Å². The van der Waals surface area contributed by atoms with Crippen LogP contribution in [0.4, 0.5) is 0 Å². The van der Waals surface area contributed by atoms with Gasteiger partial charge in [-0.1, -0.05) is 24.6 Å². The molecule has 1 aliphatic rings. The lowest BCUT2D eigenvalue weighted by molar-refractivity contribution is 0.0925. The second-order valence-corrected chi connectivity index (χ2v) is 9.50. The average Bonchev–Trinajstić information content (AvgIpc) is 2.98.